The molecule has 0 saturated carbocycles. The molecule has 150 valence electrons. The molecule has 1 fully saturated rings. The summed E-state index contributed by atoms with van der Waals surface area (Å²) < 4.78 is 0. The zero-order valence-electron chi connectivity index (χ0n) is 16.5. The van der Waals surface area contributed by atoms with Gasteiger partial charge in [-0.3, -0.25) is 9.59 Å². The highest BCUT2D eigenvalue weighted by atomic mass is 32.2. The Morgan fingerprint density at radius 2 is 1.86 bits per heavy atom. The second-order valence-electron chi connectivity index (χ2n) is 6.85. The van der Waals surface area contributed by atoms with Crippen LogP contribution < -0.4 is 15.5 Å². The molecule has 2 N–H and O–H groups in total. The highest BCUT2D eigenvalue weighted by Crippen LogP contribution is 2.22. The van der Waals surface area contributed by atoms with E-state index < -0.39 is 5.25 Å². The van der Waals surface area contributed by atoms with Gasteiger partial charge in [0.05, 0.1) is 6.21 Å². The molecule has 29 heavy (non-hydrogen) atoms. The molecule has 0 aromatic heterocycles. The lowest BCUT2D eigenvalue weighted by atomic mass is 10.2. The van der Waals surface area contributed by atoms with Crippen LogP contribution in [0, 0.1) is 6.92 Å². The minimum Gasteiger partial charge on any atom is -0.378 e. The summed E-state index contributed by atoms with van der Waals surface area (Å²) in [6.07, 6.45) is 1.70. The predicted molar refractivity (Wildman–Crippen MR) is 120 cm³/mol. The van der Waals surface area contributed by atoms with E-state index >= 15 is 0 Å². The summed E-state index contributed by atoms with van der Waals surface area (Å²) in [7, 11) is 3.95. The molecule has 0 bridgehead atoms. The molecule has 8 heteroatoms. The number of anilines is 2. The van der Waals surface area contributed by atoms with Crippen LogP contribution in [-0.4, -0.2) is 42.5 Å². The van der Waals surface area contributed by atoms with E-state index in [1.54, 1.807) is 6.21 Å². The summed E-state index contributed by atoms with van der Waals surface area (Å²) in [6.45, 7) is 1.98. The van der Waals surface area contributed by atoms with Gasteiger partial charge in [-0.15, -0.1) is 5.10 Å². The first-order chi connectivity index (χ1) is 13.9. The average molecular weight is 410 g/mol. The number of nitrogens with one attached hydrogen (secondary N) is 2. The van der Waals surface area contributed by atoms with Gasteiger partial charge in [0.25, 0.3) is 0 Å². The van der Waals surface area contributed by atoms with E-state index in [-0.39, 0.29) is 18.2 Å². The number of rotatable bonds is 5. The zero-order valence-corrected chi connectivity index (χ0v) is 17.4. The summed E-state index contributed by atoms with van der Waals surface area (Å²) in [5, 5.41) is 13.4. The molecular formula is C21H23N5O2S. The van der Waals surface area contributed by atoms with E-state index in [4.69, 9.17) is 0 Å². The minimum absolute atomic E-state index is 0.0943. The van der Waals surface area contributed by atoms with Crippen LogP contribution in [0.2, 0.25) is 0 Å². The maximum atomic E-state index is 12.5. The second-order valence-corrected chi connectivity index (χ2v) is 8.04. The molecule has 1 saturated heterocycles. The minimum atomic E-state index is -0.557. The van der Waals surface area contributed by atoms with Crippen molar-refractivity contribution in [2.75, 3.05) is 24.3 Å². The molecule has 2 aromatic carbocycles. The Hall–Kier alpha value is -3.13. The Balaban J connectivity index is 1.63. The third-order valence-electron chi connectivity index (χ3n) is 4.25. The summed E-state index contributed by atoms with van der Waals surface area (Å²) in [6, 6.07) is 15.3. The molecule has 0 aliphatic carbocycles. The van der Waals surface area contributed by atoms with Crippen LogP contribution in [0.4, 0.5) is 11.4 Å². The van der Waals surface area contributed by atoms with Gasteiger partial charge in [0, 0.05) is 31.9 Å². The average Bonchev–Trinajstić information content (AvgIpc) is 2.69. The quantitative estimate of drug-likeness (QED) is 0.587. The first-order valence-electron chi connectivity index (χ1n) is 9.13. The number of carbonyl (C=O) groups is 2. The van der Waals surface area contributed by atoms with E-state index in [1.165, 1.54) is 11.8 Å². The fraction of sp³-hybridized carbons (Fsp3) is 0.238. The van der Waals surface area contributed by atoms with Crippen molar-refractivity contribution in [2.45, 2.75) is 18.6 Å². The van der Waals surface area contributed by atoms with Crippen molar-refractivity contribution >= 4 is 46.3 Å². The van der Waals surface area contributed by atoms with Gasteiger partial charge < -0.3 is 15.5 Å². The molecule has 0 radical (unpaired) electrons. The first-order valence-corrected chi connectivity index (χ1v) is 10.0. The smallest absolute Gasteiger partial charge is 0.238 e. The van der Waals surface area contributed by atoms with Crippen LogP contribution in [0.25, 0.3) is 0 Å². The normalized spacial score (nSPS) is 18.0. The van der Waals surface area contributed by atoms with E-state index in [0.29, 0.717) is 10.9 Å². The van der Waals surface area contributed by atoms with Gasteiger partial charge in [-0.05, 0) is 36.8 Å². The van der Waals surface area contributed by atoms with E-state index in [1.807, 2.05) is 74.4 Å². The number of hydrogen-bond donors (Lipinski definition) is 2. The van der Waals surface area contributed by atoms with Crippen LogP contribution in [0.1, 0.15) is 17.5 Å². The van der Waals surface area contributed by atoms with Crippen LogP contribution in [0.5, 0.6) is 0 Å². The second kappa shape index (κ2) is 9.38. The van der Waals surface area contributed by atoms with Crippen molar-refractivity contribution in [3.05, 3.63) is 59.7 Å². The van der Waals surface area contributed by atoms with Crippen LogP contribution in [0.3, 0.4) is 0 Å². The number of aryl methyl sites for hydroxylation is 1. The molecule has 7 nitrogen and oxygen atoms in total. The number of amides is 2. The molecule has 1 aliphatic heterocycles. The van der Waals surface area contributed by atoms with E-state index in [9.17, 15) is 9.59 Å². The lowest BCUT2D eigenvalue weighted by Gasteiger charge is -2.21. The summed E-state index contributed by atoms with van der Waals surface area (Å²) >= 11 is 1.19. The molecule has 0 spiro atoms. The molecule has 1 atom stereocenters. The maximum absolute atomic E-state index is 12.5. The number of carbonyl (C=O) groups excluding carboxylic acids is 2. The van der Waals surface area contributed by atoms with Gasteiger partial charge in [-0.2, -0.15) is 5.10 Å². The monoisotopic (exact) mass is 409 g/mol. The summed E-state index contributed by atoms with van der Waals surface area (Å²) in [5.74, 6) is -0.484. The van der Waals surface area contributed by atoms with Gasteiger partial charge in [0.1, 0.15) is 5.25 Å². The van der Waals surface area contributed by atoms with Gasteiger partial charge in [-0.25, -0.2) is 0 Å². The molecule has 2 amide bonds. The van der Waals surface area contributed by atoms with E-state index in [2.05, 4.69) is 20.8 Å². The fourth-order valence-corrected chi connectivity index (χ4v) is 3.54. The van der Waals surface area contributed by atoms with Crippen molar-refractivity contribution in [2.24, 2.45) is 10.2 Å². The van der Waals surface area contributed by atoms with Gasteiger partial charge in [-0.1, -0.05) is 41.6 Å². The maximum Gasteiger partial charge on any atom is 0.238 e. The molecule has 1 heterocycles. The van der Waals surface area contributed by atoms with Crippen molar-refractivity contribution < 1.29 is 9.59 Å². The number of hydrogen-bond acceptors (Lipinski definition) is 6. The largest absolute Gasteiger partial charge is 0.378 e. The van der Waals surface area contributed by atoms with Crippen molar-refractivity contribution in [1.29, 1.82) is 0 Å². The topological polar surface area (TPSA) is 86.2 Å². The van der Waals surface area contributed by atoms with Crippen molar-refractivity contribution in [3.8, 4) is 0 Å². The summed E-state index contributed by atoms with van der Waals surface area (Å²) in [5.41, 5.74) is 3.79. The van der Waals surface area contributed by atoms with Crippen LogP contribution in [0.15, 0.2) is 58.7 Å². The Morgan fingerprint density at radius 1 is 1.17 bits per heavy atom. The highest BCUT2D eigenvalue weighted by molar-refractivity contribution is 8.15. The van der Waals surface area contributed by atoms with Gasteiger partial charge in [0.15, 0.2) is 5.17 Å². The van der Waals surface area contributed by atoms with E-state index in [0.717, 1.165) is 16.8 Å². The molecule has 2 aromatic rings. The first kappa shape index (κ1) is 20.6. The van der Waals surface area contributed by atoms with Gasteiger partial charge in [0.2, 0.25) is 11.8 Å². The Labute approximate surface area is 174 Å². The number of nitrogens with zero attached hydrogens (tertiary/aromatic N) is 3. The lowest BCUT2D eigenvalue weighted by Crippen LogP contribution is -2.41. The standard InChI is InChI=1S/C21H23N5O2S/c1-14-4-8-16(9-5-14)23-20(28)18-12-19(27)24-21(29-18)25-22-13-15-6-10-17(11-7-15)26(2)3/h4-11,13,18H,12H2,1-3H3,(H,23,28)(H,24,25,27). The lowest BCUT2D eigenvalue weighted by molar-refractivity contribution is -0.123. The Morgan fingerprint density at radius 3 is 2.52 bits per heavy atom. The molecule has 3 rings (SSSR count). The third-order valence-corrected chi connectivity index (χ3v) is 5.32. The van der Waals surface area contributed by atoms with Crippen LogP contribution in [-0.2, 0) is 9.59 Å². The van der Waals surface area contributed by atoms with Crippen molar-refractivity contribution in [3.63, 3.8) is 0 Å². The molecular weight excluding hydrogens is 386 g/mol. The fourth-order valence-electron chi connectivity index (χ4n) is 2.61. The molecule has 1 unspecified atom stereocenters. The number of benzene rings is 2. The molecule has 1 aliphatic rings. The Bertz CT molecular complexity index is 937. The highest BCUT2D eigenvalue weighted by Gasteiger charge is 2.30. The Kier molecular flexibility index (Phi) is 6.66. The third kappa shape index (κ3) is 5.92. The zero-order chi connectivity index (χ0) is 20.8. The number of amidine groups is 1. The van der Waals surface area contributed by atoms with Crippen LogP contribution >= 0.6 is 11.8 Å². The summed E-state index contributed by atoms with van der Waals surface area (Å²) in [4.78, 5) is 26.5. The van der Waals surface area contributed by atoms with Gasteiger partial charge >= 0.3 is 0 Å². The predicted octanol–water partition coefficient (Wildman–Crippen LogP) is 3.01. The SMILES string of the molecule is Cc1ccc(NC(=O)C2CC(=O)NC(=NN=Cc3ccc(N(C)C)cc3)S2)cc1. The number of thioether (sulfide) groups is 1. The van der Waals surface area contributed by atoms with Crippen molar-refractivity contribution in [1.82, 2.24) is 5.32 Å².